The van der Waals surface area contributed by atoms with E-state index in [-0.39, 0.29) is 0 Å². The second kappa shape index (κ2) is 10.4. The predicted molar refractivity (Wildman–Crippen MR) is 105 cm³/mol. The molecule has 0 bridgehead atoms. The van der Waals surface area contributed by atoms with E-state index in [2.05, 4.69) is 4.74 Å². The second-order valence-electron chi connectivity index (χ2n) is 5.74. The lowest BCUT2D eigenvalue weighted by Crippen LogP contribution is -2.07. The average Bonchev–Trinajstić information content (AvgIpc) is 2.64. The van der Waals surface area contributed by atoms with E-state index in [0.29, 0.717) is 22.6 Å². The Kier molecular flexibility index (Phi) is 7.61. The highest BCUT2D eigenvalue weighted by molar-refractivity contribution is 5.99. The van der Waals surface area contributed by atoms with Gasteiger partial charge in [-0.05, 0) is 47.5 Å². The van der Waals surface area contributed by atoms with Gasteiger partial charge in [0.2, 0.25) is 0 Å². The van der Waals surface area contributed by atoms with Crippen molar-refractivity contribution in [2.24, 2.45) is 0 Å². The quantitative estimate of drug-likeness (QED) is 0.321. The van der Waals surface area contributed by atoms with E-state index >= 15 is 0 Å². The summed E-state index contributed by atoms with van der Waals surface area (Å²) >= 11 is 0. The Morgan fingerprint density at radius 1 is 0.690 bits per heavy atom. The molecule has 0 amide bonds. The number of esters is 4. The zero-order chi connectivity index (χ0) is 21.2. The van der Waals surface area contributed by atoms with Crippen LogP contribution < -0.4 is 9.47 Å². The largest absolute Gasteiger partial charge is 0.427 e. The Morgan fingerprint density at radius 2 is 1.10 bits per heavy atom. The molecule has 0 aromatic heterocycles. The first kappa shape index (κ1) is 21.3. The SMILES string of the molecule is CC(=O)Oc1cccc(/C=C/C(=O)OC(=O)/C=C/c2cccc(OC(C)=O)c2)c1. The van der Waals surface area contributed by atoms with Gasteiger partial charge in [0.1, 0.15) is 11.5 Å². The minimum atomic E-state index is -0.855. The summed E-state index contributed by atoms with van der Waals surface area (Å²) in [5.41, 5.74) is 1.18. The number of benzene rings is 2. The number of hydrogen-bond acceptors (Lipinski definition) is 7. The number of carbonyl (C=O) groups is 4. The molecule has 0 aliphatic rings. The smallest absolute Gasteiger partial charge is 0.338 e. The van der Waals surface area contributed by atoms with Gasteiger partial charge in [-0.1, -0.05) is 24.3 Å². The van der Waals surface area contributed by atoms with Crippen molar-refractivity contribution in [3.8, 4) is 11.5 Å². The van der Waals surface area contributed by atoms with E-state index in [1.54, 1.807) is 48.5 Å². The molecule has 0 N–H and O–H groups in total. The Hall–Kier alpha value is -4.00. The Balaban J connectivity index is 1.93. The molecule has 0 aliphatic carbocycles. The first-order valence-corrected chi connectivity index (χ1v) is 8.51. The molecule has 0 radical (unpaired) electrons. The van der Waals surface area contributed by atoms with Crippen LogP contribution in [0.4, 0.5) is 0 Å². The summed E-state index contributed by atoms with van der Waals surface area (Å²) in [6, 6.07) is 13.0. The highest BCUT2D eigenvalue weighted by atomic mass is 16.6. The molecular weight excluding hydrogens is 376 g/mol. The van der Waals surface area contributed by atoms with E-state index in [0.717, 1.165) is 12.2 Å². The first-order chi connectivity index (χ1) is 13.8. The van der Waals surface area contributed by atoms with Crippen molar-refractivity contribution in [1.29, 1.82) is 0 Å². The lowest BCUT2D eigenvalue weighted by Gasteiger charge is -2.02. The third kappa shape index (κ3) is 8.04. The minimum absolute atomic E-state index is 0.336. The Labute approximate surface area is 167 Å². The van der Waals surface area contributed by atoms with E-state index in [1.165, 1.54) is 26.0 Å². The molecule has 2 rings (SSSR count). The van der Waals surface area contributed by atoms with Crippen LogP contribution in [0.3, 0.4) is 0 Å². The van der Waals surface area contributed by atoms with Crippen LogP contribution in [0.5, 0.6) is 11.5 Å². The van der Waals surface area contributed by atoms with Gasteiger partial charge in [-0.3, -0.25) is 9.59 Å². The van der Waals surface area contributed by atoms with Crippen LogP contribution in [0.15, 0.2) is 60.7 Å². The molecule has 0 fully saturated rings. The molecule has 0 unspecified atom stereocenters. The highest BCUT2D eigenvalue weighted by Gasteiger charge is 2.05. The van der Waals surface area contributed by atoms with Crippen LogP contribution in [0.2, 0.25) is 0 Å². The fraction of sp³-hybridized carbons (Fsp3) is 0.0909. The zero-order valence-electron chi connectivity index (χ0n) is 15.8. The fourth-order valence-electron chi connectivity index (χ4n) is 2.19. The number of carbonyl (C=O) groups excluding carboxylic acids is 4. The number of hydrogen-bond donors (Lipinski definition) is 0. The highest BCUT2D eigenvalue weighted by Crippen LogP contribution is 2.16. The maximum atomic E-state index is 11.8. The molecule has 2 aromatic carbocycles. The van der Waals surface area contributed by atoms with Crippen LogP contribution in [0.25, 0.3) is 12.2 Å². The molecule has 0 heterocycles. The molecule has 7 heteroatoms. The zero-order valence-corrected chi connectivity index (χ0v) is 15.8. The fourth-order valence-corrected chi connectivity index (χ4v) is 2.19. The summed E-state index contributed by atoms with van der Waals surface area (Å²) in [7, 11) is 0. The van der Waals surface area contributed by atoms with Crippen molar-refractivity contribution < 1.29 is 33.4 Å². The molecule has 7 nitrogen and oxygen atoms in total. The third-order valence-electron chi connectivity index (χ3n) is 3.26. The summed E-state index contributed by atoms with van der Waals surface area (Å²) in [6.07, 6.45) is 5.02. The lowest BCUT2D eigenvalue weighted by molar-refractivity contribution is -0.152. The maximum absolute atomic E-state index is 11.8. The van der Waals surface area contributed by atoms with Crippen molar-refractivity contribution in [3.05, 3.63) is 71.8 Å². The number of ether oxygens (including phenoxy) is 3. The lowest BCUT2D eigenvalue weighted by atomic mass is 10.2. The standard InChI is InChI=1S/C22H18O7/c1-15(23)27-19-7-3-5-17(13-19)9-11-21(25)29-22(26)12-10-18-6-4-8-20(14-18)28-16(2)24/h3-14H,1-2H3/b11-9+,12-10+. The molecule has 0 atom stereocenters. The molecule has 0 saturated heterocycles. The molecule has 0 saturated carbocycles. The van der Waals surface area contributed by atoms with Crippen LogP contribution >= 0.6 is 0 Å². The van der Waals surface area contributed by atoms with Crippen LogP contribution in [0, 0.1) is 0 Å². The van der Waals surface area contributed by atoms with Gasteiger partial charge < -0.3 is 14.2 Å². The maximum Gasteiger partial charge on any atom is 0.338 e. The van der Waals surface area contributed by atoms with Crippen molar-refractivity contribution in [1.82, 2.24) is 0 Å². The monoisotopic (exact) mass is 394 g/mol. The molecule has 0 spiro atoms. The van der Waals surface area contributed by atoms with Crippen LogP contribution in [-0.2, 0) is 23.9 Å². The predicted octanol–water partition coefficient (Wildman–Crippen LogP) is 3.33. The molecular formula is C22H18O7. The summed E-state index contributed by atoms with van der Waals surface area (Å²) in [4.78, 5) is 45.5. The summed E-state index contributed by atoms with van der Waals surface area (Å²) in [5.74, 6) is -1.95. The molecule has 0 aliphatic heterocycles. The number of rotatable bonds is 6. The third-order valence-corrected chi connectivity index (χ3v) is 3.26. The minimum Gasteiger partial charge on any atom is -0.427 e. The van der Waals surface area contributed by atoms with E-state index < -0.39 is 23.9 Å². The average molecular weight is 394 g/mol. The van der Waals surface area contributed by atoms with Crippen LogP contribution in [-0.4, -0.2) is 23.9 Å². The van der Waals surface area contributed by atoms with Crippen LogP contribution in [0.1, 0.15) is 25.0 Å². The Morgan fingerprint density at radius 3 is 1.48 bits per heavy atom. The van der Waals surface area contributed by atoms with Gasteiger partial charge in [0.25, 0.3) is 0 Å². The van der Waals surface area contributed by atoms with Gasteiger partial charge in [0, 0.05) is 26.0 Å². The van der Waals surface area contributed by atoms with Gasteiger partial charge in [0.05, 0.1) is 0 Å². The van der Waals surface area contributed by atoms with Gasteiger partial charge in [-0.25, -0.2) is 9.59 Å². The topological polar surface area (TPSA) is 96.0 Å². The summed E-state index contributed by atoms with van der Waals surface area (Å²) < 4.78 is 14.6. The van der Waals surface area contributed by atoms with Gasteiger partial charge in [0.15, 0.2) is 0 Å². The summed E-state index contributed by atoms with van der Waals surface area (Å²) in [5, 5.41) is 0. The second-order valence-corrected chi connectivity index (χ2v) is 5.74. The normalized spacial score (nSPS) is 10.7. The molecule has 29 heavy (non-hydrogen) atoms. The van der Waals surface area contributed by atoms with E-state index in [9.17, 15) is 19.2 Å². The molecule has 148 valence electrons. The Bertz CT molecular complexity index is 907. The summed E-state index contributed by atoms with van der Waals surface area (Å²) in [6.45, 7) is 2.57. The van der Waals surface area contributed by atoms with Crippen molar-refractivity contribution in [2.75, 3.05) is 0 Å². The van der Waals surface area contributed by atoms with Crippen molar-refractivity contribution >= 4 is 36.0 Å². The van der Waals surface area contributed by atoms with E-state index in [4.69, 9.17) is 9.47 Å². The molecule has 2 aromatic rings. The van der Waals surface area contributed by atoms with Gasteiger partial charge >= 0.3 is 23.9 Å². The van der Waals surface area contributed by atoms with E-state index in [1.807, 2.05) is 0 Å². The van der Waals surface area contributed by atoms with Gasteiger partial charge in [-0.15, -0.1) is 0 Å². The van der Waals surface area contributed by atoms with Crippen molar-refractivity contribution in [2.45, 2.75) is 13.8 Å². The van der Waals surface area contributed by atoms with Gasteiger partial charge in [-0.2, -0.15) is 0 Å². The first-order valence-electron chi connectivity index (χ1n) is 8.51. The van der Waals surface area contributed by atoms with Crippen molar-refractivity contribution in [3.63, 3.8) is 0 Å².